The number of para-hydroxylation sites is 1. The number of hydrogen-bond acceptors (Lipinski definition) is 5. The van der Waals surface area contributed by atoms with Crippen LogP contribution in [0.3, 0.4) is 0 Å². The Morgan fingerprint density at radius 3 is 2.75 bits per heavy atom. The lowest BCUT2D eigenvalue weighted by molar-refractivity contribution is -0.113. The van der Waals surface area contributed by atoms with Crippen LogP contribution in [0.1, 0.15) is 30.3 Å². The molecule has 0 saturated carbocycles. The number of hydrogen-bond donors (Lipinski definition) is 1. The van der Waals surface area contributed by atoms with Crippen molar-refractivity contribution in [3.05, 3.63) is 34.8 Å². The van der Waals surface area contributed by atoms with Crippen molar-refractivity contribution in [2.24, 2.45) is 0 Å². The molecule has 1 heterocycles. The van der Waals surface area contributed by atoms with Gasteiger partial charge in [-0.25, -0.2) is 0 Å². The van der Waals surface area contributed by atoms with Crippen molar-refractivity contribution in [2.45, 2.75) is 31.0 Å². The topological polar surface area (TPSA) is 54.9 Å². The van der Waals surface area contributed by atoms with E-state index in [-0.39, 0.29) is 5.91 Å². The Morgan fingerprint density at radius 2 is 2.10 bits per heavy atom. The van der Waals surface area contributed by atoms with Gasteiger partial charge in [0.2, 0.25) is 5.91 Å². The quantitative estimate of drug-likeness (QED) is 0.856. The van der Waals surface area contributed by atoms with E-state index < -0.39 is 0 Å². The molecule has 0 aliphatic carbocycles. The average molecular weight is 307 g/mol. The first-order valence-corrected chi connectivity index (χ1v) is 8.18. The summed E-state index contributed by atoms with van der Waals surface area (Å²) in [6, 6.07) is 7.90. The van der Waals surface area contributed by atoms with Crippen molar-refractivity contribution in [2.75, 3.05) is 11.1 Å². The van der Waals surface area contributed by atoms with Crippen molar-refractivity contribution in [1.29, 1.82) is 0 Å². The van der Waals surface area contributed by atoms with Gasteiger partial charge in [-0.05, 0) is 24.5 Å². The van der Waals surface area contributed by atoms with Crippen LogP contribution in [-0.4, -0.2) is 21.9 Å². The van der Waals surface area contributed by atoms with Crippen molar-refractivity contribution in [1.82, 2.24) is 10.2 Å². The predicted molar refractivity (Wildman–Crippen MR) is 84.5 cm³/mol. The fourth-order valence-corrected chi connectivity index (χ4v) is 3.38. The van der Waals surface area contributed by atoms with Crippen molar-refractivity contribution < 1.29 is 4.79 Å². The molecule has 0 spiro atoms. The molecule has 2 rings (SSSR count). The van der Waals surface area contributed by atoms with Gasteiger partial charge in [-0.3, -0.25) is 4.79 Å². The number of rotatable bonds is 5. The van der Waals surface area contributed by atoms with E-state index in [0.717, 1.165) is 20.6 Å². The molecule has 2 aromatic rings. The van der Waals surface area contributed by atoms with Gasteiger partial charge in [0.25, 0.3) is 0 Å². The van der Waals surface area contributed by atoms with Gasteiger partial charge >= 0.3 is 0 Å². The van der Waals surface area contributed by atoms with Crippen LogP contribution >= 0.6 is 23.1 Å². The van der Waals surface area contributed by atoms with Crippen LogP contribution in [0.15, 0.2) is 28.6 Å². The van der Waals surface area contributed by atoms with E-state index in [2.05, 4.69) is 29.4 Å². The lowest BCUT2D eigenvalue weighted by Gasteiger charge is -2.13. The number of carbonyl (C=O) groups is 1. The minimum absolute atomic E-state index is 0.0176. The molecule has 0 unspecified atom stereocenters. The zero-order chi connectivity index (χ0) is 14.5. The van der Waals surface area contributed by atoms with Crippen LogP contribution in [0, 0.1) is 6.92 Å². The van der Waals surface area contributed by atoms with Crippen LogP contribution in [0.4, 0.5) is 5.69 Å². The number of nitrogens with one attached hydrogen (secondary N) is 1. The minimum Gasteiger partial charge on any atom is -0.325 e. The highest BCUT2D eigenvalue weighted by Gasteiger charge is 2.10. The van der Waals surface area contributed by atoms with Gasteiger partial charge < -0.3 is 5.32 Å². The highest BCUT2D eigenvalue weighted by molar-refractivity contribution is 8.01. The third-order valence-electron chi connectivity index (χ3n) is 2.69. The molecule has 0 saturated heterocycles. The number of aromatic nitrogens is 2. The van der Waals surface area contributed by atoms with Gasteiger partial charge in [-0.15, -0.1) is 10.2 Å². The Kier molecular flexibility index (Phi) is 5.14. The summed E-state index contributed by atoms with van der Waals surface area (Å²) in [6.07, 6.45) is 0. The van der Waals surface area contributed by atoms with Crippen LogP contribution in [0.2, 0.25) is 0 Å². The normalized spacial score (nSPS) is 10.8. The molecule has 0 bridgehead atoms. The lowest BCUT2D eigenvalue weighted by Crippen LogP contribution is -2.15. The number of nitrogens with zero attached hydrogens (tertiary/aromatic N) is 2. The molecule has 1 aromatic carbocycles. The number of carbonyl (C=O) groups excluding carboxylic acids is 1. The highest BCUT2D eigenvalue weighted by Crippen LogP contribution is 2.25. The fraction of sp³-hybridized carbons (Fsp3) is 0.357. The van der Waals surface area contributed by atoms with E-state index >= 15 is 0 Å². The fourth-order valence-electron chi connectivity index (χ4n) is 1.76. The molecule has 0 radical (unpaired) electrons. The Labute approximate surface area is 127 Å². The van der Waals surface area contributed by atoms with Crippen molar-refractivity contribution in [3.8, 4) is 0 Å². The van der Waals surface area contributed by atoms with Crippen LogP contribution in [0.25, 0.3) is 0 Å². The highest BCUT2D eigenvalue weighted by atomic mass is 32.2. The summed E-state index contributed by atoms with van der Waals surface area (Å²) in [5, 5.41) is 11.8. The molecule has 1 amide bonds. The second-order valence-electron chi connectivity index (χ2n) is 4.67. The summed E-state index contributed by atoms with van der Waals surface area (Å²) in [6.45, 7) is 6.13. The van der Waals surface area contributed by atoms with E-state index in [1.165, 1.54) is 23.1 Å². The Bertz CT molecular complexity index is 596. The van der Waals surface area contributed by atoms with Crippen molar-refractivity contribution in [3.63, 3.8) is 0 Å². The summed E-state index contributed by atoms with van der Waals surface area (Å²) in [4.78, 5) is 12.0. The van der Waals surface area contributed by atoms with E-state index in [1.54, 1.807) is 0 Å². The maximum absolute atomic E-state index is 12.0. The van der Waals surface area contributed by atoms with Gasteiger partial charge in [0.15, 0.2) is 4.34 Å². The second kappa shape index (κ2) is 6.85. The van der Waals surface area contributed by atoms with Gasteiger partial charge in [0.1, 0.15) is 5.01 Å². The van der Waals surface area contributed by atoms with Crippen molar-refractivity contribution >= 4 is 34.7 Å². The van der Waals surface area contributed by atoms with E-state index in [9.17, 15) is 4.79 Å². The molecule has 0 fully saturated rings. The van der Waals surface area contributed by atoms with E-state index in [1.807, 2.05) is 31.2 Å². The summed E-state index contributed by atoms with van der Waals surface area (Å²) >= 11 is 2.92. The standard InChI is InChI=1S/C14H17N3OS2/c1-9(2)11-6-4-5-7-12(11)15-13(18)8-19-14-17-16-10(3)20-14/h4-7,9H,8H2,1-3H3,(H,15,18). The number of amides is 1. The average Bonchev–Trinajstić information content (AvgIpc) is 2.83. The lowest BCUT2D eigenvalue weighted by atomic mass is 10.0. The zero-order valence-electron chi connectivity index (χ0n) is 11.7. The van der Waals surface area contributed by atoms with Gasteiger partial charge in [-0.2, -0.15) is 0 Å². The SMILES string of the molecule is Cc1nnc(SCC(=O)Nc2ccccc2C(C)C)s1. The second-order valence-corrected chi connectivity index (χ2v) is 7.07. The smallest absolute Gasteiger partial charge is 0.234 e. The molecular formula is C14H17N3OS2. The monoisotopic (exact) mass is 307 g/mol. The maximum Gasteiger partial charge on any atom is 0.234 e. The third kappa shape index (κ3) is 4.05. The van der Waals surface area contributed by atoms with Gasteiger partial charge in [0.05, 0.1) is 5.75 Å². The molecule has 106 valence electrons. The Balaban J connectivity index is 1.94. The van der Waals surface area contributed by atoms with Gasteiger partial charge in [-0.1, -0.05) is 55.1 Å². The molecule has 4 nitrogen and oxygen atoms in total. The molecule has 1 aromatic heterocycles. The summed E-state index contributed by atoms with van der Waals surface area (Å²) in [7, 11) is 0. The molecule has 0 atom stereocenters. The number of anilines is 1. The minimum atomic E-state index is -0.0176. The zero-order valence-corrected chi connectivity index (χ0v) is 13.3. The molecular weight excluding hydrogens is 290 g/mol. The number of benzene rings is 1. The molecule has 0 aliphatic heterocycles. The van der Waals surface area contributed by atoms with Gasteiger partial charge in [0, 0.05) is 5.69 Å². The number of aryl methyl sites for hydroxylation is 1. The molecule has 20 heavy (non-hydrogen) atoms. The summed E-state index contributed by atoms with van der Waals surface area (Å²) in [5.74, 6) is 0.710. The van der Waals surface area contributed by atoms with Crippen LogP contribution < -0.4 is 5.32 Å². The summed E-state index contributed by atoms with van der Waals surface area (Å²) < 4.78 is 0.829. The van der Waals surface area contributed by atoms with E-state index in [0.29, 0.717) is 11.7 Å². The first-order valence-electron chi connectivity index (χ1n) is 6.38. The first kappa shape index (κ1) is 15.0. The predicted octanol–water partition coefficient (Wildman–Crippen LogP) is 3.70. The maximum atomic E-state index is 12.0. The van der Waals surface area contributed by atoms with Crippen LogP contribution in [0.5, 0.6) is 0 Å². The largest absolute Gasteiger partial charge is 0.325 e. The molecule has 0 aliphatic rings. The number of thioether (sulfide) groups is 1. The Hall–Kier alpha value is -1.40. The summed E-state index contributed by atoms with van der Waals surface area (Å²) in [5.41, 5.74) is 2.04. The molecule has 6 heteroatoms. The van der Waals surface area contributed by atoms with E-state index in [4.69, 9.17) is 0 Å². The van der Waals surface area contributed by atoms with Crippen LogP contribution in [-0.2, 0) is 4.79 Å². The third-order valence-corrected chi connectivity index (χ3v) is 4.66. The Morgan fingerprint density at radius 1 is 1.35 bits per heavy atom. The molecule has 1 N–H and O–H groups in total. The first-order chi connectivity index (χ1) is 9.56.